The molecular formula is C17H26N2O2. The van der Waals surface area contributed by atoms with E-state index in [-0.39, 0.29) is 12.2 Å². The fourth-order valence-electron chi connectivity index (χ4n) is 2.54. The predicted octanol–water partition coefficient (Wildman–Crippen LogP) is 4.19. The molecule has 0 saturated heterocycles. The molecule has 0 spiro atoms. The molecule has 0 radical (unpaired) electrons. The van der Waals surface area contributed by atoms with Crippen molar-refractivity contribution in [2.75, 3.05) is 23.3 Å². The Kier molecular flexibility index (Phi) is 5.10. The van der Waals surface area contributed by atoms with Gasteiger partial charge in [-0.25, -0.2) is 4.79 Å². The normalized spacial score (nSPS) is 15.4. The molecule has 1 amide bonds. The number of ether oxygens (including phenoxy) is 1. The number of hydrogen-bond donors (Lipinski definition) is 1. The number of rotatable bonds is 6. The third-order valence-electron chi connectivity index (χ3n) is 4.15. The highest BCUT2D eigenvalue weighted by molar-refractivity contribution is 5.86. The van der Waals surface area contributed by atoms with Crippen LogP contribution in [-0.4, -0.2) is 25.3 Å². The zero-order chi connectivity index (χ0) is 15.4. The first kappa shape index (κ1) is 15.7. The maximum absolute atomic E-state index is 11.9. The van der Waals surface area contributed by atoms with E-state index in [9.17, 15) is 4.79 Å². The second-order valence-electron chi connectivity index (χ2n) is 5.74. The van der Waals surface area contributed by atoms with E-state index >= 15 is 0 Å². The monoisotopic (exact) mass is 290 g/mol. The van der Waals surface area contributed by atoms with Gasteiger partial charge in [-0.2, -0.15) is 0 Å². The summed E-state index contributed by atoms with van der Waals surface area (Å²) in [4.78, 5) is 14.2. The van der Waals surface area contributed by atoms with Gasteiger partial charge in [0.15, 0.2) is 0 Å². The first-order valence-electron chi connectivity index (χ1n) is 7.88. The van der Waals surface area contributed by atoms with E-state index < -0.39 is 0 Å². The molecule has 1 fully saturated rings. The van der Waals surface area contributed by atoms with Gasteiger partial charge in [-0.3, -0.25) is 5.32 Å². The summed E-state index contributed by atoms with van der Waals surface area (Å²) in [5.74, 6) is 0.557. The van der Waals surface area contributed by atoms with Crippen LogP contribution in [0.1, 0.15) is 39.2 Å². The highest BCUT2D eigenvalue weighted by Gasteiger charge is 2.30. The van der Waals surface area contributed by atoms with Crippen molar-refractivity contribution in [3.8, 4) is 0 Å². The largest absolute Gasteiger partial charge is 0.446 e. The molecule has 0 aromatic heterocycles. The third-order valence-corrected chi connectivity index (χ3v) is 4.15. The van der Waals surface area contributed by atoms with Crippen molar-refractivity contribution >= 4 is 17.5 Å². The van der Waals surface area contributed by atoms with Crippen LogP contribution in [-0.2, 0) is 4.74 Å². The SMILES string of the molecule is CCN(CC)c1ccc(NC(=O)OC(C)C2CC2)c(C)c1. The predicted molar refractivity (Wildman–Crippen MR) is 87.0 cm³/mol. The molecule has 0 bridgehead atoms. The highest BCUT2D eigenvalue weighted by atomic mass is 16.6. The van der Waals surface area contributed by atoms with Crippen molar-refractivity contribution in [3.05, 3.63) is 23.8 Å². The Morgan fingerprint density at radius 1 is 1.38 bits per heavy atom. The average Bonchev–Trinajstić information content (AvgIpc) is 3.27. The van der Waals surface area contributed by atoms with E-state index in [0.717, 1.165) is 24.3 Å². The minimum absolute atomic E-state index is 0.0141. The number of carbonyl (C=O) groups is 1. The number of nitrogens with one attached hydrogen (secondary N) is 1. The van der Waals surface area contributed by atoms with E-state index in [1.165, 1.54) is 18.5 Å². The summed E-state index contributed by atoms with van der Waals surface area (Å²) in [6, 6.07) is 6.10. The van der Waals surface area contributed by atoms with Gasteiger partial charge >= 0.3 is 6.09 Å². The molecule has 4 nitrogen and oxygen atoms in total. The second kappa shape index (κ2) is 6.83. The van der Waals surface area contributed by atoms with Crippen LogP contribution in [0.15, 0.2) is 18.2 Å². The van der Waals surface area contributed by atoms with Crippen molar-refractivity contribution in [2.45, 2.75) is 46.6 Å². The number of hydrogen-bond acceptors (Lipinski definition) is 3. The summed E-state index contributed by atoms with van der Waals surface area (Å²) in [6.07, 6.45) is 2.01. The molecule has 4 heteroatoms. The Bertz CT molecular complexity index is 494. The van der Waals surface area contributed by atoms with Gasteiger partial charge in [-0.1, -0.05) is 0 Å². The molecule has 1 aliphatic carbocycles. The quantitative estimate of drug-likeness (QED) is 0.854. The van der Waals surface area contributed by atoms with Crippen molar-refractivity contribution in [1.29, 1.82) is 0 Å². The van der Waals surface area contributed by atoms with Crippen LogP contribution in [0.5, 0.6) is 0 Å². The number of nitrogens with zero attached hydrogens (tertiary/aromatic N) is 1. The van der Waals surface area contributed by atoms with E-state index in [1.807, 2.05) is 26.0 Å². The van der Waals surface area contributed by atoms with Crippen LogP contribution in [0.25, 0.3) is 0 Å². The molecule has 1 aromatic rings. The summed E-state index contributed by atoms with van der Waals surface area (Å²) in [5, 5.41) is 2.85. The topological polar surface area (TPSA) is 41.6 Å². The second-order valence-corrected chi connectivity index (χ2v) is 5.74. The molecule has 0 aliphatic heterocycles. The van der Waals surface area contributed by atoms with Crippen LogP contribution in [0.3, 0.4) is 0 Å². The Labute approximate surface area is 127 Å². The molecule has 1 atom stereocenters. The van der Waals surface area contributed by atoms with Gasteiger partial charge in [0.1, 0.15) is 6.10 Å². The van der Waals surface area contributed by atoms with Gasteiger partial charge in [0.05, 0.1) is 0 Å². The first-order chi connectivity index (χ1) is 10.0. The number of carbonyl (C=O) groups excluding carboxylic acids is 1. The zero-order valence-electron chi connectivity index (χ0n) is 13.5. The van der Waals surface area contributed by atoms with Crippen molar-refractivity contribution in [3.63, 3.8) is 0 Å². The molecule has 21 heavy (non-hydrogen) atoms. The van der Waals surface area contributed by atoms with Gasteiger partial charge in [0.2, 0.25) is 0 Å². The van der Waals surface area contributed by atoms with Gasteiger partial charge in [-0.05, 0) is 70.2 Å². The average molecular weight is 290 g/mol. The summed E-state index contributed by atoms with van der Waals surface area (Å²) in [6.45, 7) is 10.2. The summed E-state index contributed by atoms with van der Waals surface area (Å²) in [7, 11) is 0. The summed E-state index contributed by atoms with van der Waals surface area (Å²) in [5.41, 5.74) is 3.05. The van der Waals surface area contributed by atoms with E-state index in [1.54, 1.807) is 0 Å². The van der Waals surface area contributed by atoms with Crippen molar-refractivity contribution in [2.24, 2.45) is 5.92 Å². The fourth-order valence-corrected chi connectivity index (χ4v) is 2.54. The van der Waals surface area contributed by atoms with E-state index in [0.29, 0.717) is 5.92 Å². The van der Waals surface area contributed by atoms with Crippen LogP contribution in [0.4, 0.5) is 16.2 Å². The van der Waals surface area contributed by atoms with Gasteiger partial charge < -0.3 is 9.64 Å². The molecule has 116 valence electrons. The molecule has 1 saturated carbocycles. The number of amides is 1. The molecule has 1 aliphatic rings. The highest BCUT2D eigenvalue weighted by Crippen LogP contribution is 2.34. The fraction of sp³-hybridized carbons (Fsp3) is 0.588. The number of anilines is 2. The lowest BCUT2D eigenvalue weighted by Gasteiger charge is -2.22. The van der Waals surface area contributed by atoms with Crippen LogP contribution in [0, 0.1) is 12.8 Å². The van der Waals surface area contributed by atoms with Gasteiger partial charge in [0.25, 0.3) is 0 Å². The number of benzene rings is 1. The van der Waals surface area contributed by atoms with E-state index in [2.05, 4.69) is 30.1 Å². The van der Waals surface area contributed by atoms with Gasteiger partial charge in [-0.15, -0.1) is 0 Å². The maximum atomic E-state index is 11.9. The van der Waals surface area contributed by atoms with Crippen LogP contribution >= 0.6 is 0 Å². The summed E-state index contributed by atoms with van der Waals surface area (Å²) < 4.78 is 5.39. The molecule has 2 rings (SSSR count). The lowest BCUT2D eigenvalue weighted by molar-refractivity contribution is 0.108. The van der Waals surface area contributed by atoms with Crippen molar-refractivity contribution in [1.82, 2.24) is 0 Å². The summed E-state index contributed by atoms with van der Waals surface area (Å²) >= 11 is 0. The lowest BCUT2D eigenvalue weighted by Crippen LogP contribution is -2.23. The minimum Gasteiger partial charge on any atom is -0.446 e. The smallest absolute Gasteiger partial charge is 0.411 e. The third kappa shape index (κ3) is 4.13. The minimum atomic E-state index is -0.354. The molecule has 0 heterocycles. The maximum Gasteiger partial charge on any atom is 0.411 e. The van der Waals surface area contributed by atoms with Crippen LogP contribution < -0.4 is 10.2 Å². The van der Waals surface area contributed by atoms with Crippen LogP contribution in [0.2, 0.25) is 0 Å². The Hall–Kier alpha value is -1.71. The number of aryl methyl sites for hydroxylation is 1. The molecule has 1 N–H and O–H groups in total. The van der Waals surface area contributed by atoms with Gasteiger partial charge in [0, 0.05) is 24.5 Å². The lowest BCUT2D eigenvalue weighted by atomic mass is 10.1. The Morgan fingerprint density at radius 2 is 2.05 bits per heavy atom. The standard InChI is InChI=1S/C17H26N2O2/c1-5-19(6-2)15-9-10-16(12(3)11-15)18-17(20)21-13(4)14-7-8-14/h9-11,13-14H,5-8H2,1-4H3,(H,18,20). The first-order valence-corrected chi connectivity index (χ1v) is 7.88. The Balaban J connectivity index is 1.98. The Morgan fingerprint density at radius 3 is 2.57 bits per heavy atom. The van der Waals surface area contributed by atoms with Crippen molar-refractivity contribution < 1.29 is 9.53 Å². The molecule has 1 aromatic carbocycles. The van der Waals surface area contributed by atoms with E-state index in [4.69, 9.17) is 4.74 Å². The molecular weight excluding hydrogens is 264 g/mol. The molecule has 1 unspecified atom stereocenters. The zero-order valence-corrected chi connectivity index (χ0v) is 13.5.